The van der Waals surface area contributed by atoms with Crippen LogP contribution in [0.2, 0.25) is 0 Å². The van der Waals surface area contributed by atoms with Crippen LogP contribution in [0, 0.1) is 18.3 Å². The number of carbonyl (C=O) groups is 1. The predicted molar refractivity (Wildman–Crippen MR) is 72.5 cm³/mol. The molecule has 1 heterocycles. The Morgan fingerprint density at radius 3 is 3.06 bits per heavy atom. The van der Waals surface area contributed by atoms with Gasteiger partial charge in [0.15, 0.2) is 5.13 Å². The van der Waals surface area contributed by atoms with E-state index in [-0.39, 0.29) is 5.57 Å². The van der Waals surface area contributed by atoms with Crippen molar-refractivity contribution in [2.75, 3.05) is 17.7 Å². The lowest BCUT2D eigenvalue weighted by Gasteiger charge is -2.02. The summed E-state index contributed by atoms with van der Waals surface area (Å²) in [6, 6.07) is 1.84. The second-order valence-corrected chi connectivity index (χ2v) is 4.64. The Labute approximate surface area is 114 Å². The van der Waals surface area contributed by atoms with Crippen LogP contribution in [0.4, 0.5) is 5.13 Å². The van der Waals surface area contributed by atoms with Crippen LogP contribution in [-0.4, -0.2) is 23.3 Å². The third kappa shape index (κ3) is 4.73. The minimum absolute atomic E-state index is 0.0115. The van der Waals surface area contributed by atoms with Gasteiger partial charge in [0.25, 0.3) is 5.91 Å². The number of anilines is 1. The van der Waals surface area contributed by atoms with Crippen molar-refractivity contribution in [2.45, 2.75) is 13.3 Å². The van der Waals surface area contributed by atoms with Gasteiger partial charge in [0.05, 0.1) is 5.69 Å². The Morgan fingerprint density at radius 2 is 2.50 bits per heavy atom. The largest absolute Gasteiger partial charge is 0.351 e. The molecule has 0 saturated carbocycles. The highest BCUT2D eigenvalue weighted by molar-refractivity contribution is 7.13. The molecular weight excluding hydrogens is 272 g/mol. The van der Waals surface area contributed by atoms with Crippen molar-refractivity contribution in [2.24, 2.45) is 0 Å². The minimum atomic E-state index is -0.414. The van der Waals surface area contributed by atoms with Crippen molar-refractivity contribution in [1.82, 2.24) is 10.3 Å². The van der Waals surface area contributed by atoms with Crippen LogP contribution in [0.3, 0.4) is 0 Å². The molecule has 0 aromatic carbocycles. The van der Waals surface area contributed by atoms with E-state index in [9.17, 15) is 4.79 Å². The Balaban J connectivity index is 2.54. The summed E-state index contributed by atoms with van der Waals surface area (Å²) in [6.45, 7) is 2.33. The molecule has 0 saturated heterocycles. The van der Waals surface area contributed by atoms with Gasteiger partial charge in [-0.2, -0.15) is 5.26 Å². The van der Waals surface area contributed by atoms with E-state index in [1.54, 1.807) is 0 Å². The smallest absolute Gasteiger partial charge is 0.263 e. The summed E-state index contributed by atoms with van der Waals surface area (Å²) in [4.78, 5) is 15.7. The molecule has 0 radical (unpaired) electrons. The summed E-state index contributed by atoms with van der Waals surface area (Å²) >= 11 is 6.90. The van der Waals surface area contributed by atoms with Gasteiger partial charge in [0, 0.05) is 24.0 Å². The van der Waals surface area contributed by atoms with Gasteiger partial charge in [-0.3, -0.25) is 4.79 Å². The molecule has 0 aliphatic rings. The highest BCUT2D eigenvalue weighted by atomic mass is 35.5. The predicted octanol–water partition coefficient (Wildman–Crippen LogP) is 2.02. The first kappa shape index (κ1) is 14.5. The molecule has 96 valence electrons. The molecule has 1 rings (SSSR count). The fraction of sp³-hybridized carbons (Fsp3) is 0.364. The van der Waals surface area contributed by atoms with Gasteiger partial charge in [0.1, 0.15) is 11.6 Å². The lowest BCUT2D eigenvalue weighted by molar-refractivity contribution is -0.117. The maximum absolute atomic E-state index is 11.6. The monoisotopic (exact) mass is 284 g/mol. The molecule has 0 aliphatic carbocycles. The molecule has 7 heteroatoms. The second kappa shape index (κ2) is 7.69. The van der Waals surface area contributed by atoms with Crippen LogP contribution in [0.25, 0.3) is 0 Å². The second-order valence-electron chi connectivity index (χ2n) is 3.41. The van der Waals surface area contributed by atoms with Crippen molar-refractivity contribution in [1.29, 1.82) is 5.26 Å². The minimum Gasteiger partial charge on any atom is -0.351 e. The maximum Gasteiger partial charge on any atom is 0.263 e. The average molecular weight is 285 g/mol. The lowest BCUT2D eigenvalue weighted by Crippen LogP contribution is -2.26. The summed E-state index contributed by atoms with van der Waals surface area (Å²) in [6.07, 6.45) is 2.03. The molecule has 1 aromatic heterocycles. The van der Waals surface area contributed by atoms with Crippen LogP contribution in [0.5, 0.6) is 0 Å². The standard InChI is InChI=1S/C11H13ClN4OS/c1-8-7-18-11(16-8)15-6-9(5-13)10(17)14-4-2-3-12/h6-7H,2-4H2,1H3,(H,14,17)(H,15,16)/b9-6-. The van der Waals surface area contributed by atoms with Crippen LogP contribution < -0.4 is 10.6 Å². The number of halogens is 1. The molecule has 1 amide bonds. The third-order valence-corrected chi connectivity index (χ3v) is 3.08. The van der Waals surface area contributed by atoms with E-state index >= 15 is 0 Å². The number of aromatic nitrogens is 1. The van der Waals surface area contributed by atoms with Crippen molar-refractivity contribution in [3.63, 3.8) is 0 Å². The number of hydrogen-bond donors (Lipinski definition) is 2. The molecule has 0 aliphatic heterocycles. The van der Waals surface area contributed by atoms with Crippen molar-refractivity contribution in [3.8, 4) is 6.07 Å². The van der Waals surface area contributed by atoms with Crippen LogP contribution >= 0.6 is 22.9 Å². The quantitative estimate of drug-likeness (QED) is 0.363. The Morgan fingerprint density at radius 1 is 1.72 bits per heavy atom. The molecule has 2 N–H and O–H groups in total. The van der Waals surface area contributed by atoms with Gasteiger partial charge in [0.2, 0.25) is 0 Å². The Kier molecular flexibility index (Phi) is 6.19. The van der Waals surface area contributed by atoms with Gasteiger partial charge in [-0.05, 0) is 13.3 Å². The fourth-order valence-corrected chi connectivity index (χ4v) is 1.86. The normalized spacial score (nSPS) is 10.8. The first-order valence-corrected chi connectivity index (χ1v) is 6.72. The number of rotatable bonds is 6. The van der Waals surface area contributed by atoms with Gasteiger partial charge < -0.3 is 10.6 Å². The maximum atomic E-state index is 11.6. The number of nitrogens with zero attached hydrogens (tertiary/aromatic N) is 2. The summed E-state index contributed by atoms with van der Waals surface area (Å²) in [5.41, 5.74) is 0.901. The third-order valence-electron chi connectivity index (χ3n) is 1.92. The zero-order valence-corrected chi connectivity index (χ0v) is 11.4. The number of hydrogen-bond acceptors (Lipinski definition) is 5. The number of alkyl halides is 1. The molecule has 1 aromatic rings. The summed E-state index contributed by atoms with van der Waals surface area (Å²) in [5.74, 6) is 0.0612. The fourth-order valence-electron chi connectivity index (χ4n) is 1.07. The average Bonchev–Trinajstić information content (AvgIpc) is 2.76. The van der Waals surface area contributed by atoms with Crippen molar-refractivity contribution < 1.29 is 4.79 Å². The number of aryl methyl sites for hydroxylation is 1. The summed E-state index contributed by atoms with van der Waals surface area (Å²) in [5, 5.41) is 16.8. The number of amides is 1. The van der Waals surface area contributed by atoms with E-state index in [1.807, 2.05) is 18.4 Å². The first-order chi connectivity index (χ1) is 8.67. The Bertz CT molecular complexity index is 478. The molecular formula is C11H13ClN4OS. The number of thiazole rings is 1. The number of carbonyl (C=O) groups excluding carboxylic acids is 1. The van der Waals surface area contributed by atoms with E-state index in [0.29, 0.717) is 24.0 Å². The van der Waals surface area contributed by atoms with Crippen LogP contribution in [0.15, 0.2) is 17.2 Å². The topological polar surface area (TPSA) is 77.8 Å². The Hall–Kier alpha value is -1.58. The highest BCUT2D eigenvalue weighted by Gasteiger charge is 2.07. The zero-order chi connectivity index (χ0) is 13.4. The molecule has 0 atom stereocenters. The SMILES string of the molecule is Cc1csc(N/C=C(/C#N)C(=O)NCCCCl)n1. The van der Waals surface area contributed by atoms with E-state index < -0.39 is 5.91 Å². The first-order valence-electron chi connectivity index (χ1n) is 5.30. The molecule has 5 nitrogen and oxygen atoms in total. The zero-order valence-electron chi connectivity index (χ0n) is 9.86. The van der Waals surface area contributed by atoms with Crippen LogP contribution in [0.1, 0.15) is 12.1 Å². The van der Waals surface area contributed by atoms with Crippen molar-refractivity contribution in [3.05, 3.63) is 22.8 Å². The van der Waals surface area contributed by atoms with Crippen molar-refractivity contribution >= 4 is 34.0 Å². The van der Waals surface area contributed by atoms with Gasteiger partial charge in [-0.1, -0.05) is 0 Å². The van der Waals surface area contributed by atoms with E-state index in [4.69, 9.17) is 16.9 Å². The van der Waals surface area contributed by atoms with Gasteiger partial charge in [-0.15, -0.1) is 22.9 Å². The summed E-state index contributed by atoms with van der Waals surface area (Å²) in [7, 11) is 0. The number of nitrogens with one attached hydrogen (secondary N) is 2. The van der Waals surface area contributed by atoms with E-state index in [0.717, 1.165) is 5.69 Å². The molecule has 18 heavy (non-hydrogen) atoms. The molecule has 0 fully saturated rings. The van der Waals surface area contributed by atoms with Gasteiger partial charge in [-0.25, -0.2) is 4.98 Å². The molecule has 0 spiro atoms. The van der Waals surface area contributed by atoms with E-state index in [1.165, 1.54) is 17.5 Å². The van der Waals surface area contributed by atoms with Crippen LogP contribution in [-0.2, 0) is 4.79 Å². The summed E-state index contributed by atoms with van der Waals surface area (Å²) < 4.78 is 0. The number of nitriles is 1. The highest BCUT2D eigenvalue weighted by Crippen LogP contribution is 2.14. The van der Waals surface area contributed by atoms with E-state index in [2.05, 4.69) is 15.6 Å². The van der Waals surface area contributed by atoms with Gasteiger partial charge >= 0.3 is 0 Å². The molecule has 0 bridgehead atoms. The lowest BCUT2D eigenvalue weighted by atomic mass is 10.3. The molecule has 0 unspecified atom stereocenters.